The first-order chi connectivity index (χ1) is 9.61. The van der Waals surface area contributed by atoms with E-state index in [1.807, 2.05) is 14.0 Å². The molecule has 0 aliphatic carbocycles. The predicted molar refractivity (Wildman–Crippen MR) is 77.7 cm³/mol. The Hall–Kier alpha value is -1.68. The summed E-state index contributed by atoms with van der Waals surface area (Å²) in [7, 11) is 1.83. The Morgan fingerprint density at radius 3 is 2.85 bits per heavy atom. The molecule has 20 heavy (non-hydrogen) atoms. The van der Waals surface area contributed by atoms with Gasteiger partial charge in [0, 0.05) is 13.5 Å². The third-order valence-corrected chi connectivity index (χ3v) is 4.30. The maximum atomic E-state index is 5.94. The molecule has 8 nitrogen and oxygen atoms in total. The van der Waals surface area contributed by atoms with Crippen LogP contribution in [0, 0.1) is 0 Å². The predicted octanol–water partition coefficient (Wildman–Crippen LogP) is 1.14. The first-order valence-corrected chi connectivity index (χ1v) is 7.43. The zero-order chi connectivity index (χ0) is 14.3. The van der Waals surface area contributed by atoms with Crippen LogP contribution in [0.5, 0.6) is 0 Å². The van der Waals surface area contributed by atoms with Crippen LogP contribution in [0.4, 0.5) is 0 Å². The van der Waals surface area contributed by atoms with Crippen LogP contribution in [0.2, 0.25) is 0 Å². The van der Waals surface area contributed by atoms with Crippen LogP contribution in [0.25, 0.3) is 11.0 Å². The van der Waals surface area contributed by atoms with Gasteiger partial charge in [-0.1, -0.05) is 6.92 Å². The molecule has 0 unspecified atom stereocenters. The molecule has 0 radical (unpaired) electrons. The van der Waals surface area contributed by atoms with Crippen molar-refractivity contribution in [3.05, 3.63) is 16.8 Å². The summed E-state index contributed by atoms with van der Waals surface area (Å²) < 4.78 is 3.86. The van der Waals surface area contributed by atoms with Crippen molar-refractivity contribution in [1.82, 2.24) is 34.6 Å². The molecule has 10 heteroatoms. The number of aryl methyl sites for hydroxylation is 2. The molecule has 0 aromatic carbocycles. The lowest BCUT2D eigenvalue weighted by Crippen LogP contribution is -2.13. The highest BCUT2D eigenvalue weighted by Crippen LogP contribution is 2.33. The minimum Gasteiger partial charge on any atom is -0.336 e. The topological polar surface area (TPSA) is 100 Å². The van der Waals surface area contributed by atoms with Gasteiger partial charge in [-0.25, -0.2) is 19.3 Å². The monoisotopic (exact) mass is 354 g/mol. The molecular formula is C10H11BrN8S. The van der Waals surface area contributed by atoms with Crippen molar-refractivity contribution in [2.45, 2.75) is 23.5 Å². The third kappa shape index (κ3) is 2.04. The highest BCUT2D eigenvalue weighted by molar-refractivity contribution is 9.10. The SMILES string of the molecule is CCc1nnc(Sc2ncnc3c2c(Br)nn3C)n1N. The van der Waals surface area contributed by atoms with Gasteiger partial charge in [-0.2, -0.15) is 5.10 Å². The Kier molecular flexibility index (Phi) is 3.34. The molecule has 3 aromatic heterocycles. The maximum absolute atomic E-state index is 5.94. The van der Waals surface area contributed by atoms with E-state index >= 15 is 0 Å². The molecule has 0 atom stereocenters. The number of rotatable bonds is 3. The Balaban J connectivity index is 2.09. The summed E-state index contributed by atoms with van der Waals surface area (Å²) in [5.41, 5.74) is 0.744. The highest BCUT2D eigenvalue weighted by Gasteiger charge is 2.17. The maximum Gasteiger partial charge on any atom is 0.216 e. The summed E-state index contributed by atoms with van der Waals surface area (Å²) >= 11 is 4.76. The molecule has 3 heterocycles. The van der Waals surface area contributed by atoms with Crippen LogP contribution in [0.1, 0.15) is 12.7 Å². The fraction of sp³-hybridized carbons (Fsp3) is 0.300. The number of halogens is 1. The second-order valence-electron chi connectivity index (χ2n) is 4.02. The smallest absolute Gasteiger partial charge is 0.216 e. The fourth-order valence-corrected chi connectivity index (χ4v) is 3.38. The van der Waals surface area contributed by atoms with E-state index < -0.39 is 0 Å². The van der Waals surface area contributed by atoms with Crippen LogP contribution in [-0.2, 0) is 13.5 Å². The van der Waals surface area contributed by atoms with Crippen molar-refractivity contribution in [2.75, 3.05) is 5.84 Å². The van der Waals surface area contributed by atoms with Gasteiger partial charge in [0.2, 0.25) is 5.16 Å². The van der Waals surface area contributed by atoms with Gasteiger partial charge in [0.1, 0.15) is 16.0 Å². The van der Waals surface area contributed by atoms with Crippen molar-refractivity contribution >= 4 is 38.7 Å². The summed E-state index contributed by atoms with van der Waals surface area (Å²) in [6.07, 6.45) is 2.22. The number of aromatic nitrogens is 7. The second-order valence-corrected chi connectivity index (χ2v) is 5.72. The van der Waals surface area contributed by atoms with Crippen LogP contribution in [0.15, 0.2) is 21.1 Å². The lowest BCUT2D eigenvalue weighted by atomic mass is 10.4. The first kappa shape index (κ1) is 13.3. The number of hydrogen-bond acceptors (Lipinski definition) is 7. The van der Waals surface area contributed by atoms with Crippen molar-refractivity contribution in [2.24, 2.45) is 7.05 Å². The van der Waals surface area contributed by atoms with E-state index in [2.05, 4.69) is 41.2 Å². The number of nitrogen functional groups attached to an aromatic ring is 1. The molecule has 3 aromatic rings. The summed E-state index contributed by atoms with van der Waals surface area (Å²) in [5, 5.41) is 14.5. The molecule has 0 amide bonds. The largest absolute Gasteiger partial charge is 0.336 e. The zero-order valence-corrected chi connectivity index (χ0v) is 13.2. The van der Waals surface area contributed by atoms with Crippen molar-refractivity contribution in [3.63, 3.8) is 0 Å². The molecule has 2 N–H and O–H groups in total. The molecule has 0 saturated heterocycles. The van der Waals surface area contributed by atoms with E-state index in [0.29, 0.717) is 9.76 Å². The van der Waals surface area contributed by atoms with Gasteiger partial charge in [0.15, 0.2) is 11.5 Å². The molecule has 3 rings (SSSR count). The normalized spacial score (nSPS) is 11.3. The van der Waals surface area contributed by atoms with Gasteiger partial charge in [-0.05, 0) is 27.7 Å². The summed E-state index contributed by atoms with van der Waals surface area (Å²) in [6.45, 7) is 1.97. The van der Waals surface area contributed by atoms with Crippen LogP contribution < -0.4 is 5.84 Å². The Labute approximate surface area is 126 Å². The molecule has 0 saturated carbocycles. The van der Waals surface area contributed by atoms with Crippen molar-refractivity contribution in [1.29, 1.82) is 0 Å². The Morgan fingerprint density at radius 1 is 1.35 bits per heavy atom. The highest BCUT2D eigenvalue weighted by atomic mass is 79.9. The average molecular weight is 355 g/mol. The van der Waals surface area contributed by atoms with E-state index in [9.17, 15) is 0 Å². The van der Waals surface area contributed by atoms with Gasteiger partial charge in [0.05, 0.1) is 5.39 Å². The summed E-state index contributed by atoms with van der Waals surface area (Å²) in [6, 6.07) is 0. The number of fused-ring (bicyclic) bond motifs is 1. The Morgan fingerprint density at radius 2 is 2.15 bits per heavy atom. The standard InChI is InChI=1S/C10H11BrN8S/c1-3-5-15-16-10(19(5)12)20-9-6-7(11)17-18(2)8(6)13-4-14-9/h4H,3,12H2,1-2H3. The van der Waals surface area contributed by atoms with Gasteiger partial charge in [-0.15, -0.1) is 10.2 Å². The molecule has 0 fully saturated rings. The minimum absolute atomic E-state index is 0.581. The molecule has 0 aliphatic heterocycles. The lowest BCUT2D eigenvalue weighted by Gasteiger charge is -2.02. The second kappa shape index (κ2) is 5.02. The van der Waals surface area contributed by atoms with Crippen molar-refractivity contribution in [3.8, 4) is 0 Å². The molecular weight excluding hydrogens is 344 g/mol. The van der Waals surface area contributed by atoms with Crippen LogP contribution >= 0.6 is 27.7 Å². The summed E-state index contributed by atoms with van der Waals surface area (Å²) in [4.78, 5) is 8.50. The quantitative estimate of drug-likeness (QED) is 0.555. The van der Waals surface area contributed by atoms with E-state index in [4.69, 9.17) is 5.84 Å². The number of nitrogens with two attached hydrogens (primary N) is 1. The molecule has 0 bridgehead atoms. The Bertz CT molecular complexity index is 779. The van der Waals surface area contributed by atoms with Crippen LogP contribution in [-0.4, -0.2) is 34.6 Å². The van der Waals surface area contributed by atoms with E-state index in [0.717, 1.165) is 28.3 Å². The van der Waals surface area contributed by atoms with E-state index in [-0.39, 0.29) is 0 Å². The lowest BCUT2D eigenvalue weighted by molar-refractivity contribution is 0.777. The van der Waals surface area contributed by atoms with Gasteiger partial charge in [0.25, 0.3) is 0 Å². The van der Waals surface area contributed by atoms with E-state index in [1.54, 1.807) is 4.68 Å². The van der Waals surface area contributed by atoms with Gasteiger partial charge in [-0.3, -0.25) is 0 Å². The van der Waals surface area contributed by atoms with Crippen LogP contribution in [0.3, 0.4) is 0 Å². The fourth-order valence-electron chi connectivity index (χ4n) is 1.80. The molecule has 104 valence electrons. The minimum atomic E-state index is 0.581. The van der Waals surface area contributed by atoms with Gasteiger partial charge >= 0.3 is 0 Å². The zero-order valence-electron chi connectivity index (χ0n) is 10.8. The first-order valence-electron chi connectivity index (χ1n) is 5.82. The molecule has 0 aliphatic rings. The number of hydrogen-bond donors (Lipinski definition) is 1. The van der Waals surface area contributed by atoms with Gasteiger partial charge < -0.3 is 5.84 Å². The average Bonchev–Trinajstić information content (AvgIpc) is 2.92. The number of nitrogens with zero attached hydrogens (tertiary/aromatic N) is 7. The summed E-state index contributed by atoms with van der Waals surface area (Å²) in [5.74, 6) is 6.67. The van der Waals surface area contributed by atoms with E-state index in [1.165, 1.54) is 22.8 Å². The third-order valence-electron chi connectivity index (χ3n) is 2.78. The molecule has 0 spiro atoms. The van der Waals surface area contributed by atoms with Crippen molar-refractivity contribution < 1.29 is 0 Å².